The highest BCUT2D eigenvalue weighted by Crippen LogP contribution is 2.19. The van der Waals surface area contributed by atoms with Gasteiger partial charge in [0.2, 0.25) is 5.90 Å². The molecule has 1 heterocycles. The van der Waals surface area contributed by atoms with Gasteiger partial charge in [-0.2, -0.15) is 0 Å². The Morgan fingerprint density at radius 3 is 2.64 bits per heavy atom. The van der Waals surface area contributed by atoms with Crippen molar-refractivity contribution >= 4 is 33.9 Å². The van der Waals surface area contributed by atoms with Crippen LogP contribution in [-0.4, -0.2) is 11.9 Å². The molecule has 0 spiro atoms. The van der Waals surface area contributed by atoms with Crippen LogP contribution in [0.1, 0.15) is 11.1 Å². The standard InChI is InChI=1S/C18H12BrNO2/c19-15-10-5-9-14(12-15)17-20-16(18(21)22-17)11-4-8-13-6-2-1-3-7-13/h1-12H. The summed E-state index contributed by atoms with van der Waals surface area (Å²) in [6.45, 7) is 0. The minimum absolute atomic E-state index is 0.294. The number of rotatable bonds is 3. The largest absolute Gasteiger partial charge is 0.402 e. The highest BCUT2D eigenvalue weighted by atomic mass is 79.9. The Kier molecular flexibility index (Phi) is 4.30. The second-order valence-corrected chi connectivity index (χ2v) is 5.55. The lowest BCUT2D eigenvalue weighted by Crippen LogP contribution is -2.05. The van der Waals surface area contributed by atoms with E-state index in [9.17, 15) is 4.79 Å². The molecule has 0 fully saturated rings. The fourth-order valence-electron chi connectivity index (χ4n) is 1.98. The molecule has 0 bridgehead atoms. The van der Waals surface area contributed by atoms with Gasteiger partial charge in [-0.15, -0.1) is 0 Å². The number of benzene rings is 2. The van der Waals surface area contributed by atoms with E-state index in [1.54, 1.807) is 12.2 Å². The number of allylic oxidation sites excluding steroid dienone is 2. The van der Waals surface area contributed by atoms with Gasteiger partial charge in [0.05, 0.1) is 0 Å². The number of hydrogen-bond acceptors (Lipinski definition) is 3. The third kappa shape index (κ3) is 3.40. The molecule has 4 heteroatoms. The number of cyclic esters (lactones) is 1. The summed E-state index contributed by atoms with van der Waals surface area (Å²) in [5, 5.41) is 0. The van der Waals surface area contributed by atoms with Gasteiger partial charge in [-0.05, 0) is 29.8 Å². The van der Waals surface area contributed by atoms with Gasteiger partial charge in [0.1, 0.15) is 0 Å². The summed E-state index contributed by atoms with van der Waals surface area (Å²) in [6.07, 6.45) is 5.35. The second kappa shape index (κ2) is 6.54. The number of ether oxygens (including phenoxy) is 1. The Labute approximate surface area is 136 Å². The summed E-state index contributed by atoms with van der Waals surface area (Å²) in [7, 11) is 0. The minimum atomic E-state index is -0.437. The zero-order valence-corrected chi connectivity index (χ0v) is 13.2. The lowest BCUT2D eigenvalue weighted by molar-refractivity contribution is -0.130. The van der Waals surface area contributed by atoms with Crippen LogP contribution in [0.3, 0.4) is 0 Å². The predicted molar refractivity (Wildman–Crippen MR) is 90.3 cm³/mol. The van der Waals surface area contributed by atoms with E-state index in [4.69, 9.17) is 4.74 Å². The summed E-state index contributed by atoms with van der Waals surface area (Å²) < 4.78 is 6.11. The van der Waals surface area contributed by atoms with Crippen LogP contribution in [-0.2, 0) is 9.53 Å². The van der Waals surface area contributed by atoms with E-state index in [-0.39, 0.29) is 0 Å². The lowest BCUT2D eigenvalue weighted by atomic mass is 10.2. The van der Waals surface area contributed by atoms with Gasteiger partial charge < -0.3 is 4.74 Å². The molecule has 22 heavy (non-hydrogen) atoms. The highest BCUT2D eigenvalue weighted by molar-refractivity contribution is 9.10. The van der Waals surface area contributed by atoms with Crippen LogP contribution in [0.4, 0.5) is 0 Å². The SMILES string of the molecule is O=C1OC(c2cccc(Br)c2)=NC1=CC=Cc1ccccc1. The Morgan fingerprint density at radius 2 is 1.86 bits per heavy atom. The smallest absolute Gasteiger partial charge is 0.363 e. The number of esters is 1. The maximum atomic E-state index is 11.8. The first kappa shape index (κ1) is 14.5. The maximum absolute atomic E-state index is 11.8. The van der Waals surface area contributed by atoms with E-state index in [2.05, 4.69) is 20.9 Å². The van der Waals surface area contributed by atoms with Crippen LogP contribution in [0.5, 0.6) is 0 Å². The van der Waals surface area contributed by atoms with E-state index < -0.39 is 5.97 Å². The molecule has 0 aliphatic carbocycles. The van der Waals surface area contributed by atoms with Crippen molar-refractivity contribution in [3.8, 4) is 0 Å². The van der Waals surface area contributed by atoms with Gasteiger partial charge in [0.15, 0.2) is 5.70 Å². The summed E-state index contributed by atoms with van der Waals surface area (Å²) in [5.41, 5.74) is 2.11. The van der Waals surface area contributed by atoms with E-state index in [0.717, 1.165) is 15.6 Å². The van der Waals surface area contributed by atoms with Crippen LogP contribution in [0.25, 0.3) is 6.08 Å². The zero-order valence-electron chi connectivity index (χ0n) is 11.6. The summed E-state index contributed by atoms with van der Waals surface area (Å²) in [6, 6.07) is 17.3. The van der Waals surface area contributed by atoms with Crippen LogP contribution in [0.15, 0.2) is 81.9 Å². The maximum Gasteiger partial charge on any atom is 0.363 e. The van der Waals surface area contributed by atoms with Gasteiger partial charge >= 0.3 is 5.97 Å². The third-order valence-electron chi connectivity index (χ3n) is 3.03. The molecule has 3 nitrogen and oxygen atoms in total. The van der Waals surface area contributed by atoms with Crippen LogP contribution >= 0.6 is 15.9 Å². The summed E-state index contributed by atoms with van der Waals surface area (Å²) in [5.74, 6) is -0.113. The molecule has 0 amide bonds. The quantitative estimate of drug-likeness (QED) is 0.607. The normalized spacial score (nSPS) is 16.1. The molecular weight excluding hydrogens is 342 g/mol. The molecule has 0 saturated heterocycles. The fourth-order valence-corrected chi connectivity index (χ4v) is 2.38. The fraction of sp³-hybridized carbons (Fsp3) is 0. The molecule has 108 valence electrons. The Hall–Kier alpha value is -2.46. The molecule has 3 rings (SSSR count). The average Bonchev–Trinajstić information content (AvgIpc) is 2.90. The Morgan fingerprint density at radius 1 is 1.05 bits per heavy atom. The molecule has 1 aliphatic rings. The molecule has 1 aliphatic heterocycles. The average molecular weight is 354 g/mol. The van der Waals surface area contributed by atoms with Gasteiger partial charge in [-0.25, -0.2) is 9.79 Å². The number of nitrogens with zero attached hydrogens (tertiary/aromatic N) is 1. The van der Waals surface area contributed by atoms with E-state index in [1.807, 2.05) is 60.7 Å². The molecule has 0 N–H and O–H groups in total. The first-order chi connectivity index (χ1) is 10.7. The molecular formula is C18H12BrNO2. The Balaban J connectivity index is 1.81. The van der Waals surface area contributed by atoms with Crippen LogP contribution in [0, 0.1) is 0 Å². The van der Waals surface area contributed by atoms with Crippen molar-refractivity contribution in [3.63, 3.8) is 0 Å². The molecule has 0 unspecified atom stereocenters. The van der Waals surface area contributed by atoms with Crippen molar-refractivity contribution in [1.82, 2.24) is 0 Å². The molecule has 0 radical (unpaired) electrons. The molecule has 0 saturated carbocycles. The molecule has 2 aromatic carbocycles. The predicted octanol–water partition coefficient (Wildman–Crippen LogP) is 4.35. The van der Waals surface area contributed by atoms with Crippen LogP contribution in [0.2, 0.25) is 0 Å². The molecule has 2 aromatic rings. The number of hydrogen-bond donors (Lipinski definition) is 0. The van der Waals surface area contributed by atoms with Crippen molar-refractivity contribution in [3.05, 3.63) is 88.0 Å². The van der Waals surface area contributed by atoms with E-state index in [1.165, 1.54) is 0 Å². The van der Waals surface area contributed by atoms with Gasteiger partial charge in [0.25, 0.3) is 0 Å². The van der Waals surface area contributed by atoms with Crippen molar-refractivity contribution in [2.24, 2.45) is 4.99 Å². The van der Waals surface area contributed by atoms with Crippen molar-refractivity contribution in [1.29, 1.82) is 0 Å². The van der Waals surface area contributed by atoms with Crippen LogP contribution < -0.4 is 0 Å². The first-order valence-electron chi connectivity index (χ1n) is 6.72. The monoisotopic (exact) mass is 353 g/mol. The number of aliphatic imine (C=N–C) groups is 1. The minimum Gasteiger partial charge on any atom is -0.402 e. The Bertz CT molecular complexity index is 792. The lowest BCUT2D eigenvalue weighted by Gasteiger charge is -1.99. The first-order valence-corrected chi connectivity index (χ1v) is 7.52. The van der Waals surface area contributed by atoms with Crippen molar-refractivity contribution in [2.45, 2.75) is 0 Å². The van der Waals surface area contributed by atoms with E-state index in [0.29, 0.717) is 11.6 Å². The van der Waals surface area contributed by atoms with Gasteiger partial charge in [0, 0.05) is 10.0 Å². The topological polar surface area (TPSA) is 38.7 Å². The summed E-state index contributed by atoms with van der Waals surface area (Å²) >= 11 is 3.39. The second-order valence-electron chi connectivity index (χ2n) is 4.64. The number of carbonyl (C=O) groups excluding carboxylic acids is 1. The van der Waals surface area contributed by atoms with Gasteiger partial charge in [-0.3, -0.25) is 0 Å². The number of carbonyl (C=O) groups is 1. The van der Waals surface area contributed by atoms with Gasteiger partial charge in [-0.1, -0.05) is 64.5 Å². The molecule has 0 atom stereocenters. The third-order valence-corrected chi connectivity index (χ3v) is 3.53. The zero-order chi connectivity index (χ0) is 15.4. The molecule has 0 aromatic heterocycles. The summed E-state index contributed by atoms with van der Waals surface area (Å²) in [4.78, 5) is 16.1. The van der Waals surface area contributed by atoms with Crippen molar-refractivity contribution in [2.75, 3.05) is 0 Å². The van der Waals surface area contributed by atoms with E-state index >= 15 is 0 Å². The highest BCUT2D eigenvalue weighted by Gasteiger charge is 2.23. The number of halogens is 1. The van der Waals surface area contributed by atoms with Crippen molar-refractivity contribution < 1.29 is 9.53 Å².